The average molecular weight is 288 g/mol. The molecule has 1 aliphatic heterocycles. The molecule has 20 heavy (non-hydrogen) atoms. The number of carbonyl (C=O) groups is 1. The van der Waals surface area contributed by atoms with Gasteiger partial charge in [0.25, 0.3) is 0 Å². The van der Waals surface area contributed by atoms with E-state index in [-0.39, 0.29) is 11.9 Å². The summed E-state index contributed by atoms with van der Waals surface area (Å²) in [5.74, 6) is 0.911. The van der Waals surface area contributed by atoms with Crippen LogP contribution in [-0.4, -0.2) is 23.5 Å². The summed E-state index contributed by atoms with van der Waals surface area (Å²) in [6, 6.07) is 7.76. The van der Waals surface area contributed by atoms with E-state index in [1.165, 1.54) is 0 Å². The van der Waals surface area contributed by atoms with Crippen LogP contribution in [0.2, 0.25) is 0 Å². The number of carbonyl (C=O) groups excluding carboxylic acids is 1. The van der Waals surface area contributed by atoms with Crippen LogP contribution in [0.1, 0.15) is 19.0 Å². The van der Waals surface area contributed by atoms with Gasteiger partial charge in [0.05, 0.1) is 22.9 Å². The highest BCUT2D eigenvalue weighted by molar-refractivity contribution is 7.07. The van der Waals surface area contributed by atoms with E-state index in [0.29, 0.717) is 19.4 Å². The molecule has 5 heteroatoms. The van der Waals surface area contributed by atoms with Gasteiger partial charge in [0.1, 0.15) is 12.4 Å². The maximum atomic E-state index is 12.5. The molecular weight excluding hydrogens is 272 g/mol. The molecule has 3 rings (SSSR count). The molecule has 1 aromatic carbocycles. The zero-order chi connectivity index (χ0) is 13.9. The van der Waals surface area contributed by atoms with Crippen molar-refractivity contribution in [3.05, 3.63) is 40.8 Å². The third kappa shape index (κ3) is 2.54. The molecule has 104 valence electrons. The van der Waals surface area contributed by atoms with E-state index >= 15 is 0 Å². The predicted octanol–water partition coefficient (Wildman–Crippen LogP) is 2.89. The summed E-state index contributed by atoms with van der Waals surface area (Å²) in [6.45, 7) is 2.55. The molecule has 1 amide bonds. The zero-order valence-corrected chi connectivity index (χ0v) is 12.1. The number of rotatable bonds is 3. The predicted molar refractivity (Wildman–Crippen MR) is 79.3 cm³/mol. The van der Waals surface area contributed by atoms with Crippen LogP contribution < -0.4 is 9.64 Å². The average Bonchev–Trinajstić information content (AvgIpc) is 2.98. The Balaban J connectivity index is 1.76. The molecule has 1 aliphatic rings. The molecule has 0 radical (unpaired) electrons. The molecule has 0 bridgehead atoms. The summed E-state index contributed by atoms with van der Waals surface area (Å²) < 4.78 is 5.66. The third-order valence-corrected chi connectivity index (χ3v) is 4.03. The fraction of sp³-hybridized carbons (Fsp3) is 0.333. The quantitative estimate of drug-likeness (QED) is 0.872. The Morgan fingerprint density at radius 3 is 3.15 bits per heavy atom. The molecule has 1 unspecified atom stereocenters. The molecule has 4 nitrogen and oxygen atoms in total. The molecule has 0 fully saturated rings. The molecule has 0 N–H and O–H groups in total. The molecule has 0 aliphatic carbocycles. The third-order valence-electron chi connectivity index (χ3n) is 3.39. The maximum absolute atomic E-state index is 12.5. The van der Waals surface area contributed by atoms with Crippen LogP contribution in [0.5, 0.6) is 5.75 Å². The van der Waals surface area contributed by atoms with Crippen LogP contribution in [0.15, 0.2) is 35.2 Å². The summed E-state index contributed by atoms with van der Waals surface area (Å²) in [5.41, 5.74) is 3.65. The van der Waals surface area contributed by atoms with Crippen LogP contribution >= 0.6 is 11.3 Å². The second kappa shape index (κ2) is 5.63. The van der Waals surface area contributed by atoms with Crippen molar-refractivity contribution in [2.45, 2.75) is 25.8 Å². The van der Waals surface area contributed by atoms with Crippen LogP contribution in [0.4, 0.5) is 5.69 Å². The molecule has 0 saturated carbocycles. The van der Waals surface area contributed by atoms with Crippen LogP contribution in [0.25, 0.3) is 0 Å². The van der Waals surface area contributed by atoms with Gasteiger partial charge in [0.15, 0.2) is 0 Å². The largest absolute Gasteiger partial charge is 0.489 e. The van der Waals surface area contributed by atoms with E-state index in [0.717, 1.165) is 17.1 Å². The van der Waals surface area contributed by atoms with Crippen LogP contribution in [0, 0.1) is 0 Å². The van der Waals surface area contributed by atoms with Gasteiger partial charge in [-0.25, -0.2) is 4.98 Å². The maximum Gasteiger partial charge on any atom is 0.227 e. The number of para-hydroxylation sites is 2. The van der Waals surface area contributed by atoms with Crippen molar-refractivity contribution in [1.29, 1.82) is 0 Å². The number of thiazole rings is 1. The number of hydrogen-bond acceptors (Lipinski definition) is 4. The van der Waals surface area contributed by atoms with Gasteiger partial charge >= 0.3 is 0 Å². The zero-order valence-electron chi connectivity index (χ0n) is 11.3. The minimum atomic E-state index is 0.0628. The number of fused-ring (bicyclic) bond motifs is 1. The van der Waals surface area contributed by atoms with E-state index in [4.69, 9.17) is 4.74 Å². The van der Waals surface area contributed by atoms with Crippen molar-refractivity contribution in [2.24, 2.45) is 0 Å². The van der Waals surface area contributed by atoms with E-state index in [1.807, 2.05) is 41.5 Å². The van der Waals surface area contributed by atoms with Gasteiger partial charge in [0, 0.05) is 11.8 Å². The molecule has 2 heterocycles. The van der Waals surface area contributed by atoms with Gasteiger partial charge < -0.3 is 9.64 Å². The number of amides is 1. The number of nitrogens with zero attached hydrogens (tertiary/aromatic N) is 2. The number of anilines is 1. The first-order valence-corrected chi connectivity index (χ1v) is 7.61. The Morgan fingerprint density at radius 2 is 2.35 bits per heavy atom. The normalized spacial score (nSPS) is 17.4. The minimum absolute atomic E-state index is 0.0628. The van der Waals surface area contributed by atoms with E-state index in [9.17, 15) is 4.79 Å². The van der Waals surface area contributed by atoms with E-state index in [1.54, 1.807) is 16.8 Å². The summed E-state index contributed by atoms with van der Waals surface area (Å²) in [7, 11) is 0. The molecule has 1 atom stereocenters. The van der Waals surface area contributed by atoms with Crippen molar-refractivity contribution >= 4 is 22.9 Å². The first-order chi connectivity index (χ1) is 9.75. The lowest BCUT2D eigenvalue weighted by Crippen LogP contribution is -2.45. The fourth-order valence-corrected chi connectivity index (χ4v) is 2.99. The van der Waals surface area contributed by atoms with Gasteiger partial charge in [-0.1, -0.05) is 12.1 Å². The Bertz CT molecular complexity index is 598. The lowest BCUT2D eigenvalue weighted by atomic mass is 10.1. The fourth-order valence-electron chi connectivity index (χ4n) is 2.40. The summed E-state index contributed by atoms with van der Waals surface area (Å²) in [4.78, 5) is 18.6. The van der Waals surface area contributed by atoms with Gasteiger partial charge in [-0.05, 0) is 25.5 Å². The Hall–Kier alpha value is -1.88. The minimum Gasteiger partial charge on any atom is -0.489 e. The highest BCUT2D eigenvalue weighted by atomic mass is 32.1. The standard InChI is InChI=1S/C15H16N2O2S/c1-11-8-19-14-5-3-2-4-13(14)17(11)15(18)7-6-12-9-20-10-16-12/h2-5,9-11H,6-8H2,1H3. The topological polar surface area (TPSA) is 42.4 Å². The monoisotopic (exact) mass is 288 g/mol. The first-order valence-electron chi connectivity index (χ1n) is 6.66. The Labute approximate surface area is 122 Å². The SMILES string of the molecule is CC1COc2ccccc2N1C(=O)CCc1cscn1. The molecule has 0 spiro atoms. The van der Waals surface area contributed by atoms with Crippen molar-refractivity contribution in [2.75, 3.05) is 11.5 Å². The number of aromatic nitrogens is 1. The smallest absolute Gasteiger partial charge is 0.227 e. The van der Waals surface area contributed by atoms with E-state index < -0.39 is 0 Å². The molecule has 0 saturated heterocycles. The number of ether oxygens (including phenoxy) is 1. The summed E-state index contributed by atoms with van der Waals surface area (Å²) >= 11 is 1.56. The first kappa shape index (κ1) is 13.1. The lowest BCUT2D eigenvalue weighted by molar-refractivity contribution is -0.119. The highest BCUT2D eigenvalue weighted by Crippen LogP contribution is 2.33. The van der Waals surface area contributed by atoms with Gasteiger partial charge in [-0.3, -0.25) is 4.79 Å². The molecule has 1 aromatic heterocycles. The molecule has 2 aromatic rings. The Kier molecular flexibility index (Phi) is 3.69. The van der Waals surface area contributed by atoms with Crippen molar-refractivity contribution in [3.8, 4) is 5.75 Å². The molecular formula is C15H16N2O2S. The highest BCUT2D eigenvalue weighted by Gasteiger charge is 2.28. The van der Waals surface area contributed by atoms with Crippen LogP contribution in [0.3, 0.4) is 0 Å². The van der Waals surface area contributed by atoms with Crippen molar-refractivity contribution in [1.82, 2.24) is 4.98 Å². The lowest BCUT2D eigenvalue weighted by Gasteiger charge is -2.35. The summed E-state index contributed by atoms with van der Waals surface area (Å²) in [6.07, 6.45) is 1.16. The van der Waals surface area contributed by atoms with Gasteiger partial charge in [-0.15, -0.1) is 11.3 Å². The Morgan fingerprint density at radius 1 is 1.50 bits per heavy atom. The number of hydrogen-bond donors (Lipinski definition) is 0. The van der Waals surface area contributed by atoms with Crippen molar-refractivity contribution in [3.63, 3.8) is 0 Å². The van der Waals surface area contributed by atoms with Gasteiger partial charge in [0.2, 0.25) is 5.91 Å². The van der Waals surface area contributed by atoms with Crippen LogP contribution in [-0.2, 0) is 11.2 Å². The second-order valence-corrected chi connectivity index (χ2v) is 5.59. The summed E-state index contributed by atoms with van der Waals surface area (Å²) in [5, 5.41) is 1.99. The van der Waals surface area contributed by atoms with Crippen molar-refractivity contribution < 1.29 is 9.53 Å². The second-order valence-electron chi connectivity index (χ2n) is 4.87. The van der Waals surface area contributed by atoms with Gasteiger partial charge in [-0.2, -0.15) is 0 Å². The number of benzene rings is 1. The van der Waals surface area contributed by atoms with E-state index in [2.05, 4.69) is 4.98 Å². The number of aryl methyl sites for hydroxylation is 1.